The van der Waals surface area contributed by atoms with E-state index < -0.39 is 6.04 Å². The van der Waals surface area contributed by atoms with Gasteiger partial charge in [-0.15, -0.1) is 0 Å². The lowest BCUT2D eigenvalue weighted by molar-refractivity contribution is -0.144. The highest BCUT2D eigenvalue weighted by Gasteiger charge is 2.35. The van der Waals surface area contributed by atoms with Crippen molar-refractivity contribution >= 4 is 17.5 Å². The summed E-state index contributed by atoms with van der Waals surface area (Å²) in [6.45, 7) is 0.266. The predicted octanol–water partition coefficient (Wildman–Crippen LogP) is 2.51. The molecule has 3 rings (SSSR count). The van der Waals surface area contributed by atoms with Crippen molar-refractivity contribution in [2.45, 2.75) is 12.5 Å². The van der Waals surface area contributed by atoms with Crippen LogP contribution in [0.4, 0.5) is 0 Å². The van der Waals surface area contributed by atoms with Crippen LogP contribution in [-0.4, -0.2) is 89.3 Å². The smallest absolute Gasteiger partial charge is 0.262 e. The SMILES string of the molecule is COCCN(CC(=O)N1N=C(c2ccc(OC)cc2)C[C@H]1c1ccc(OC)c(OC)c1)C(=O)COC. The molecule has 0 aromatic heterocycles. The van der Waals surface area contributed by atoms with Gasteiger partial charge in [0.15, 0.2) is 11.5 Å². The maximum absolute atomic E-state index is 13.5. The van der Waals surface area contributed by atoms with Crippen LogP contribution in [0.3, 0.4) is 0 Å². The predicted molar refractivity (Wildman–Crippen MR) is 134 cm³/mol. The van der Waals surface area contributed by atoms with Crippen LogP contribution in [0.2, 0.25) is 0 Å². The molecule has 36 heavy (non-hydrogen) atoms. The number of nitrogens with zero attached hydrogens (tertiary/aromatic N) is 3. The zero-order chi connectivity index (χ0) is 26.1. The molecule has 0 saturated heterocycles. The zero-order valence-electron chi connectivity index (χ0n) is 21.4. The molecule has 2 amide bonds. The Bertz CT molecular complexity index is 1070. The molecular weight excluding hydrogens is 466 g/mol. The van der Waals surface area contributed by atoms with E-state index in [-0.39, 0.29) is 31.5 Å². The molecule has 1 aliphatic heterocycles. The Kier molecular flexibility index (Phi) is 9.66. The summed E-state index contributed by atoms with van der Waals surface area (Å²) in [7, 11) is 7.72. The number of rotatable bonds is 12. The lowest BCUT2D eigenvalue weighted by Gasteiger charge is -2.27. The molecule has 1 aliphatic rings. The Hall–Kier alpha value is -3.63. The average Bonchev–Trinajstić information content (AvgIpc) is 3.36. The van der Waals surface area contributed by atoms with Crippen molar-refractivity contribution in [2.75, 3.05) is 61.9 Å². The number of ether oxygens (including phenoxy) is 5. The largest absolute Gasteiger partial charge is 0.497 e. The average molecular weight is 500 g/mol. The van der Waals surface area contributed by atoms with Crippen LogP contribution >= 0.6 is 0 Å². The van der Waals surface area contributed by atoms with Gasteiger partial charge in [0.05, 0.1) is 39.7 Å². The number of hydrazone groups is 1. The summed E-state index contributed by atoms with van der Waals surface area (Å²) in [5.41, 5.74) is 2.46. The molecule has 1 heterocycles. The quantitative estimate of drug-likeness (QED) is 0.443. The minimum Gasteiger partial charge on any atom is -0.497 e. The first-order valence-electron chi connectivity index (χ1n) is 11.5. The van der Waals surface area contributed by atoms with Gasteiger partial charge in [0.2, 0.25) is 5.91 Å². The molecule has 0 fully saturated rings. The second-order valence-corrected chi connectivity index (χ2v) is 8.09. The Labute approximate surface area is 211 Å². The van der Waals surface area contributed by atoms with Crippen molar-refractivity contribution in [3.8, 4) is 17.2 Å². The van der Waals surface area contributed by atoms with Gasteiger partial charge in [-0.3, -0.25) is 9.59 Å². The molecule has 10 nitrogen and oxygen atoms in total. The third-order valence-electron chi connectivity index (χ3n) is 5.89. The van der Waals surface area contributed by atoms with Crippen molar-refractivity contribution in [3.05, 3.63) is 53.6 Å². The summed E-state index contributed by atoms with van der Waals surface area (Å²) in [4.78, 5) is 27.5. The summed E-state index contributed by atoms with van der Waals surface area (Å²) in [6.07, 6.45) is 0.484. The number of carbonyl (C=O) groups excluding carboxylic acids is 2. The van der Waals surface area contributed by atoms with Crippen LogP contribution in [0.25, 0.3) is 0 Å². The number of carbonyl (C=O) groups is 2. The van der Waals surface area contributed by atoms with Crippen LogP contribution in [-0.2, 0) is 19.1 Å². The summed E-state index contributed by atoms with van der Waals surface area (Å²) in [5, 5.41) is 6.14. The molecule has 1 atom stereocenters. The van der Waals surface area contributed by atoms with Gasteiger partial charge in [0, 0.05) is 27.2 Å². The molecule has 0 saturated carbocycles. The molecular formula is C26H33N3O7. The Balaban J connectivity index is 1.94. The summed E-state index contributed by atoms with van der Waals surface area (Å²) >= 11 is 0. The van der Waals surface area contributed by atoms with Gasteiger partial charge in [-0.2, -0.15) is 5.10 Å². The number of hydrogen-bond donors (Lipinski definition) is 0. The molecule has 0 radical (unpaired) electrons. The van der Waals surface area contributed by atoms with E-state index in [1.54, 1.807) is 34.5 Å². The molecule has 2 aromatic rings. The highest BCUT2D eigenvalue weighted by molar-refractivity contribution is 6.03. The zero-order valence-corrected chi connectivity index (χ0v) is 21.4. The van der Waals surface area contributed by atoms with E-state index in [2.05, 4.69) is 0 Å². The highest BCUT2D eigenvalue weighted by Crippen LogP contribution is 2.37. The molecule has 0 spiro atoms. The van der Waals surface area contributed by atoms with E-state index in [9.17, 15) is 9.59 Å². The van der Waals surface area contributed by atoms with Gasteiger partial charge in [-0.05, 0) is 47.5 Å². The van der Waals surface area contributed by atoms with Crippen molar-refractivity contribution in [1.82, 2.24) is 9.91 Å². The fourth-order valence-electron chi connectivity index (χ4n) is 3.96. The van der Waals surface area contributed by atoms with Crippen molar-refractivity contribution < 1.29 is 33.3 Å². The Morgan fingerprint density at radius 2 is 1.67 bits per heavy atom. The van der Waals surface area contributed by atoms with Crippen LogP contribution in [0.15, 0.2) is 47.6 Å². The number of hydrogen-bond acceptors (Lipinski definition) is 8. The van der Waals surface area contributed by atoms with Crippen molar-refractivity contribution in [1.29, 1.82) is 0 Å². The fourth-order valence-corrected chi connectivity index (χ4v) is 3.96. The molecule has 0 bridgehead atoms. The normalized spacial score (nSPS) is 14.9. The standard InChI is InChI=1S/C26H33N3O7/c1-32-13-12-28(26(31)17-33-2)16-25(30)29-22(19-8-11-23(35-4)24(14-19)36-5)15-21(27-29)18-6-9-20(34-3)10-7-18/h6-11,14,22H,12-13,15-17H2,1-5H3/t22-/m0/s1. The second-order valence-electron chi connectivity index (χ2n) is 8.09. The van der Waals surface area contributed by atoms with E-state index >= 15 is 0 Å². The molecule has 2 aromatic carbocycles. The fraction of sp³-hybridized carbons (Fsp3) is 0.423. The van der Waals surface area contributed by atoms with Gasteiger partial charge in [0.1, 0.15) is 18.9 Å². The van der Waals surface area contributed by atoms with Crippen LogP contribution < -0.4 is 14.2 Å². The van der Waals surface area contributed by atoms with Gasteiger partial charge in [-0.25, -0.2) is 5.01 Å². The number of methoxy groups -OCH3 is 5. The summed E-state index contributed by atoms with van der Waals surface area (Å²) in [5.74, 6) is 1.25. The van der Waals surface area contributed by atoms with E-state index in [1.807, 2.05) is 36.4 Å². The maximum atomic E-state index is 13.5. The molecule has 0 aliphatic carbocycles. The molecule has 194 valence electrons. The monoisotopic (exact) mass is 499 g/mol. The van der Waals surface area contributed by atoms with Crippen LogP contribution in [0, 0.1) is 0 Å². The maximum Gasteiger partial charge on any atom is 0.262 e. The molecule has 0 N–H and O–H groups in total. The highest BCUT2D eigenvalue weighted by atomic mass is 16.5. The van der Waals surface area contributed by atoms with E-state index in [4.69, 9.17) is 28.8 Å². The summed E-state index contributed by atoms with van der Waals surface area (Å²) < 4.78 is 26.2. The topological polar surface area (TPSA) is 99.1 Å². The van der Waals surface area contributed by atoms with Gasteiger partial charge >= 0.3 is 0 Å². The van der Waals surface area contributed by atoms with Crippen LogP contribution in [0.5, 0.6) is 17.2 Å². The van der Waals surface area contributed by atoms with Crippen molar-refractivity contribution in [2.24, 2.45) is 5.10 Å². The minimum atomic E-state index is -0.392. The van der Waals surface area contributed by atoms with E-state index in [1.165, 1.54) is 17.0 Å². The van der Waals surface area contributed by atoms with E-state index in [0.29, 0.717) is 24.5 Å². The Morgan fingerprint density at radius 3 is 2.28 bits per heavy atom. The number of benzene rings is 2. The second kappa shape index (κ2) is 12.9. The lowest BCUT2D eigenvalue weighted by atomic mass is 9.98. The first-order chi connectivity index (χ1) is 17.4. The minimum absolute atomic E-state index is 0.129. The van der Waals surface area contributed by atoms with Crippen LogP contribution in [0.1, 0.15) is 23.6 Å². The van der Waals surface area contributed by atoms with Gasteiger partial charge in [-0.1, -0.05) is 6.07 Å². The molecule has 0 unspecified atom stereocenters. The lowest BCUT2D eigenvalue weighted by Crippen LogP contribution is -2.44. The third-order valence-corrected chi connectivity index (χ3v) is 5.89. The first kappa shape index (κ1) is 27.0. The third kappa shape index (κ3) is 6.32. The van der Waals surface area contributed by atoms with Crippen molar-refractivity contribution in [3.63, 3.8) is 0 Å². The Morgan fingerprint density at radius 1 is 0.944 bits per heavy atom. The summed E-state index contributed by atoms with van der Waals surface area (Å²) in [6, 6.07) is 12.7. The first-order valence-corrected chi connectivity index (χ1v) is 11.5. The van der Waals surface area contributed by atoms with Gasteiger partial charge < -0.3 is 28.6 Å². The van der Waals surface area contributed by atoms with Gasteiger partial charge in [0.25, 0.3) is 5.91 Å². The molecule has 10 heteroatoms. The van der Waals surface area contributed by atoms with E-state index in [0.717, 1.165) is 22.6 Å². The number of amides is 2.